The highest BCUT2D eigenvalue weighted by Crippen LogP contribution is 2.30. The molecule has 5 heteroatoms. The van der Waals surface area contributed by atoms with Crippen molar-refractivity contribution in [2.45, 2.75) is 12.8 Å². The Morgan fingerprint density at radius 2 is 1.92 bits per heavy atom. The molecule has 0 aliphatic heterocycles. The lowest BCUT2D eigenvalue weighted by Gasteiger charge is -2.17. The molecule has 0 bridgehead atoms. The lowest BCUT2D eigenvalue weighted by atomic mass is 9.91. The fraction of sp³-hybridized carbons (Fsp3) is 0.143. The van der Waals surface area contributed by atoms with Crippen LogP contribution >= 0.6 is 0 Å². The molecule has 1 unspecified atom stereocenters. The number of hydrogen-bond acceptors (Lipinski definition) is 3. The minimum atomic E-state index is -0.258. The Balaban J connectivity index is 1.65. The van der Waals surface area contributed by atoms with Crippen molar-refractivity contribution >= 4 is 16.8 Å². The van der Waals surface area contributed by atoms with Crippen LogP contribution in [0, 0.1) is 6.92 Å². The van der Waals surface area contributed by atoms with Gasteiger partial charge < -0.3 is 14.8 Å². The van der Waals surface area contributed by atoms with E-state index >= 15 is 0 Å². The Kier molecular flexibility index (Phi) is 4.27. The minimum absolute atomic E-state index is 0.0281. The van der Waals surface area contributed by atoms with Gasteiger partial charge in [-0.15, -0.1) is 0 Å². The predicted octanol–water partition coefficient (Wildman–Crippen LogP) is 4.03. The average Bonchev–Trinajstić information content (AvgIpc) is 3.29. The highest BCUT2D eigenvalue weighted by Gasteiger charge is 2.20. The molecule has 0 aliphatic rings. The fourth-order valence-electron chi connectivity index (χ4n) is 3.23. The van der Waals surface area contributed by atoms with Crippen LogP contribution in [-0.4, -0.2) is 22.6 Å². The van der Waals surface area contributed by atoms with Gasteiger partial charge in [0.25, 0.3) is 5.91 Å². The summed E-state index contributed by atoms with van der Waals surface area (Å²) >= 11 is 0. The first-order valence-corrected chi connectivity index (χ1v) is 8.55. The summed E-state index contributed by atoms with van der Waals surface area (Å²) in [5, 5.41) is 7.91. The number of carbonyl (C=O) groups excluding carboxylic acids is 1. The van der Waals surface area contributed by atoms with Crippen molar-refractivity contribution in [2.75, 3.05) is 6.54 Å². The quantitative estimate of drug-likeness (QED) is 0.574. The second kappa shape index (κ2) is 6.88. The zero-order valence-corrected chi connectivity index (χ0v) is 14.4. The van der Waals surface area contributed by atoms with Gasteiger partial charge in [-0.2, -0.15) is 0 Å². The molecule has 4 rings (SSSR count). The van der Waals surface area contributed by atoms with Gasteiger partial charge in [-0.05, 0) is 24.1 Å². The van der Waals surface area contributed by atoms with Gasteiger partial charge in [-0.1, -0.05) is 53.7 Å². The van der Waals surface area contributed by atoms with Crippen LogP contribution in [0.2, 0.25) is 0 Å². The molecule has 5 nitrogen and oxygen atoms in total. The molecule has 2 aromatic carbocycles. The highest BCUT2D eigenvalue weighted by molar-refractivity contribution is 5.91. The number of benzene rings is 2. The van der Waals surface area contributed by atoms with E-state index in [2.05, 4.69) is 39.7 Å². The summed E-state index contributed by atoms with van der Waals surface area (Å²) < 4.78 is 5.06. The third-order valence-corrected chi connectivity index (χ3v) is 4.52. The van der Waals surface area contributed by atoms with Crippen LogP contribution in [0.15, 0.2) is 71.4 Å². The molecule has 2 heterocycles. The molecule has 0 aliphatic carbocycles. The number of aromatic nitrogens is 2. The molecular weight excluding hydrogens is 326 g/mol. The number of aryl methyl sites for hydroxylation is 1. The molecule has 0 fully saturated rings. The Morgan fingerprint density at radius 1 is 1.15 bits per heavy atom. The second-order valence-corrected chi connectivity index (χ2v) is 6.30. The van der Waals surface area contributed by atoms with Gasteiger partial charge in [0, 0.05) is 35.6 Å². The number of hydrogen-bond donors (Lipinski definition) is 2. The van der Waals surface area contributed by atoms with Crippen LogP contribution in [0.3, 0.4) is 0 Å². The third kappa shape index (κ3) is 3.11. The molecular formula is C21H19N3O2. The summed E-state index contributed by atoms with van der Waals surface area (Å²) in [6.45, 7) is 2.25. The topological polar surface area (TPSA) is 70.9 Å². The molecule has 1 amide bonds. The number of rotatable bonds is 5. The maximum atomic E-state index is 12.4. The largest absolute Gasteiger partial charge is 0.361 e. The maximum absolute atomic E-state index is 12.4. The van der Waals surface area contributed by atoms with Crippen molar-refractivity contribution in [1.29, 1.82) is 0 Å². The van der Waals surface area contributed by atoms with E-state index in [1.165, 1.54) is 0 Å². The summed E-state index contributed by atoms with van der Waals surface area (Å²) in [4.78, 5) is 15.7. The number of carbonyl (C=O) groups is 1. The molecule has 2 aromatic heterocycles. The number of amides is 1. The Bertz CT molecular complexity index is 1030. The summed E-state index contributed by atoms with van der Waals surface area (Å²) in [6.07, 6.45) is 2.02. The van der Waals surface area contributed by atoms with E-state index < -0.39 is 0 Å². The lowest BCUT2D eigenvalue weighted by Crippen LogP contribution is -2.28. The highest BCUT2D eigenvalue weighted by atomic mass is 16.5. The molecule has 0 radical (unpaired) electrons. The first-order valence-electron chi connectivity index (χ1n) is 8.55. The summed E-state index contributed by atoms with van der Waals surface area (Å²) in [7, 11) is 0. The molecule has 4 aromatic rings. The van der Waals surface area contributed by atoms with Gasteiger partial charge >= 0.3 is 0 Å². The first kappa shape index (κ1) is 16.1. The van der Waals surface area contributed by atoms with Crippen LogP contribution in [-0.2, 0) is 0 Å². The van der Waals surface area contributed by atoms with Crippen LogP contribution < -0.4 is 5.32 Å². The number of aromatic amines is 1. The van der Waals surface area contributed by atoms with E-state index in [1.807, 2.05) is 36.5 Å². The van der Waals surface area contributed by atoms with Crippen LogP contribution in [0.25, 0.3) is 10.9 Å². The number of nitrogens with zero attached hydrogens (tertiary/aromatic N) is 1. The molecule has 0 saturated carbocycles. The van der Waals surface area contributed by atoms with Crippen molar-refractivity contribution in [3.05, 3.63) is 89.4 Å². The van der Waals surface area contributed by atoms with Gasteiger partial charge in [0.1, 0.15) is 0 Å². The van der Waals surface area contributed by atoms with E-state index in [9.17, 15) is 4.79 Å². The SMILES string of the molecule is Cc1cc(C(=O)NCC(c2ccccc2)c2c[nH]c3ccccc23)on1. The van der Waals surface area contributed by atoms with Crippen LogP contribution in [0.4, 0.5) is 0 Å². The van der Waals surface area contributed by atoms with Crippen molar-refractivity contribution in [3.8, 4) is 0 Å². The van der Waals surface area contributed by atoms with Gasteiger partial charge in [-0.25, -0.2) is 0 Å². The van der Waals surface area contributed by atoms with Crippen LogP contribution in [0.1, 0.15) is 33.3 Å². The molecule has 0 saturated heterocycles. The monoisotopic (exact) mass is 345 g/mol. The molecule has 1 atom stereocenters. The minimum Gasteiger partial charge on any atom is -0.361 e. The van der Waals surface area contributed by atoms with Crippen molar-refractivity contribution < 1.29 is 9.32 Å². The fourth-order valence-corrected chi connectivity index (χ4v) is 3.23. The smallest absolute Gasteiger partial charge is 0.289 e. The number of nitrogens with one attached hydrogen (secondary N) is 2. The number of fused-ring (bicyclic) bond motifs is 1. The van der Waals surface area contributed by atoms with E-state index in [0.29, 0.717) is 12.2 Å². The summed E-state index contributed by atoms with van der Waals surface area (Å²) in [6, 6.07) is 20.0. The van der Waals surface area contributed by atoms with Crippen molar-refractivity contribution in [3.63, 3.8) is 0 Å². The van der Waals surface area contributed by atoms with Gasteiger partial charge in [-0.3, -0.25) is 4.79 Å². The van der Waals surface area contributed by atoms with Crippen molar-refractivity contribution in [2.24, 2.45) is 0 Å². The van der Waals surface area contributed by atoms with Gasteiger partial charge in [0.05, 0.1) is 5.69 Å². The average molecular weight is 345 g/mol. The molecule has 130 valence electrons. The van der Waals surface area contributed by atoms with Crippen LogP contribution in [0.5, 0.6) is 0 Å². The number of para-hydroxylation sites is 1. The Morgan fingerprint density at radius 3 is 2.69 bits per heavy atom. The molecule has 0 spiro atoms. The Hall–Kier alpha value is -3.34. The second-order valence-electron chi connectivity index (χ2n) is 6.30. The van der Waals surface area contributed by atoms with E-state index in [1.54, 1.807) is 13.0 Å². The zero-order chi connectivity index (χ0) is 17.9. The third-order valence-electron chi connectivity index (χ3n) is 4.52. The Labute approximate surface area is 151 Å². The zero-order valence-electron chi connectivity index (χ0n) is 14.4. The number of H-pyrrole nitrogens is 1. The predicted molar refractivity (Wildman–Crippen MR) is 100 cm³/mol. The van der Waals surface area contributed by atoms with Gasteiger partial charge in [0.15, 0.2) is 0 Å². The normalized spacial score (nSPS) is 12.2. The summed E-state index contributed by atoms with van der Waals surface area (Å²) in [5.41, 5.74) is 4.07. The van der Waals surface area contributed by atoms with E-state index in [-0.39, 0.29) is 17.6 Å². The van der Waals surface area contributed by atoms with Gasteiger partial charge in [0.2, 0.25) is 5.76 Å². The molecule has 26 heavy (non-hydrogen) atoms. The van der Waals surface area contributed by atoms with Crippen molar-refractivity contribution in [1.82, 2.24) is 15.5 Å². The maximum Gasteiger partial charge on any atom is 0.289 e. The standard InChI is InChI=1S/C21H19N3O2/c1-14-11-20(26-24-14)21(25)23-12-17(15-7-3-2-4-8-15)18-13-22-19-10-6-5-9-16(18)19/h2-11,13,17,22H,12H2,1H3,(H,23,25). The van der Waals surface area contributed by atoms with E-state index in [0.717, 1.165) is 22.0 Å². The van der Waals surface area contributed by atoms with E-state index in [4.69, 9.17) is 4.52 Å². The molecule has 2 N–H and O–H groups in total. The first-order chi connectivity index (χ1) is 12.7. The lowest BCUT2D eigenvalue weighted by molar-refractivity contribution is 0.0915. The summed E-state index contributed by atoms with van der Waals surface area (Å²) in [5.74, 6) is -0.0000656.